The molecule has 19 heavy (non-hydrogen) atoms. The lowest BCUT2D eigenvalue weighted by Crippen LogP contribution is -2.12. The highest BCUT2D eigenvalue weighted by atomic mass is 127. The zero-order valence-electron chi connectivity index (χ0n) is 9.28. The van der Waals surface area contributed by atoms with Crippen LogP contribution in [0.15, 0.2) is 30.3 Å². The second-order valence-corrected chi connectivity index (χ2v) is 4.76. The van der Waals surface area contributed by atoms with Crippen LogP contribution in [0.5, 0.6) is 11.6 Å². The Morgan fingerprint density at radius 2 is 1.89 bits per heavy atom. The third-order valence-electron chi connectivity index (χ3n) is 1.99. The van der Waals surface area contributed by atoms with Gasteiger partial charge >= 0.3 is 6.18 Å². The molecule has 0 spiro atoms. The molecule has 0 saturated carbocycles. The number of nitrogen functional groups attached to an aromatic ring is 1. The first kappa shape index (κ1) is 13.8. The van der Waals surface area contributed by atoms with Crippen LogP contribution in [0, 0.1) is 3.57 Å². The Morgan fingerprint density at radius 3 is 2.53 bits per heavy atom. The molecular formula is C11H7F3IN3O. The van der Waals surface area contributed by atoms with E-state index in [0.29, 0.717) is 5.75 Å². The van der Waals surface area contributed by atoms with E-state index in [-0.39, 0.29) is 11.7 Å². The highest BCUT2D eigenvalue weighted by Gasteiger charge is 2.35. The normalized spacial score (nSPS) is 11.4. The molecule has 2 N–H and O–H groups in total. The summed E-state index contributed by atoms with van der Waals surface area (Å²) < 4.78 is 43.7. The lowest BCUT2D eigenvalue weighted by Gasteiger charge is -2.09. The largest absolute Gasteiger partial charge is 0.451 e. The van der Waals surface area contributed by atoms with Crippen LogP contribution in [0.4, 0.5) is 19.0 Å². The lowest BCUT2D eigenvalue weighted by atomic mass is 10.3. The number of ether oxygens (including phenoxy) is 1. The predicted octanol–water partition coefficient (Wildman–Crippen LogP) is 3.47. The second kappa shape index (κ2) is 5.19. The van der Waals surface area contributed by atoms with Crippen molar-refractivity contribution in [2.24, 2.45) is 0 Å². The molecule has 0 fully saturated rings. The molecule has 0 saturated heterocycles. The Morgan fingerprint density at radius 1 is 1.16 bits per heavy atom. The number of nitrogens with two attached hydrogens (primary N) is 1. The zero-order chi connectivity index (χ0) is 14.0. The van der Waals surface area contributed by atoms with Crippen LogP contribution in [-0.2, 0) is 6.18 Å². The van der Waals surface area contributed by atoms with Crippen LogP contribution in [-0.4, -0.2) is 9.97 Å². The summed E-state index contributed by atoms with van der Waals surface area (Å²) in [5.41, 5.74) is 5.31. The van der Waals surface area contributed by atoms with E-state index in [2.05, 4.69) is 32.6 Å². The number of rotatable bonds is 2. The molecule has 1 aromatic carbocycles. The van der Waals surface area contributed by atoms with Crippen molar-refractivity contribution < 1.29 is 17.9 Å². The molecule has 0 aliphatic carbocycles. The summed E-state index contributed by atoms with van der Waals surface area (Å²) in [7, 11) is 0. The first-order valence-corrected chi connectivity index (χ1v) is 6.07. The van der Waals surface area contributed by atoms with Crippen molar-refractivity contribution in [1.82, 2.24) is 9.97 Å². The second-order valence-electron chi connectivity index (χ2n) is 3.51. The standard InChI is InChI=1S/C11H7F3IN3O/c12-11(13,14)10-17-8(16)5-9(18-10)19-7-3-1-2-6(15)4-7/h1-5H,(H2,16,17,18). The van der Waals surface area contributed by atoms with E-state index in [1.165, 1.54) is 0 Å². The van der Waals surface area contributed by atoms with Crippen molar-refractivity contribution in [1.29, 1.82) is 0 Å². The summed E-state index contributed by atoms with van der Waals surface area (Å²) in [4.78, 5) is 6.41. The van der Waals surface area contributed by atoms with Crippen molar-refractivity contribution >= 4 is 28.4 Å². The maximum atomic E-state index is 12.5. The van der Waals surface area contributed by atoms with Gasteiger partial charge in [-0.05, 0) is 40.8 Å². The molecule has 1 aromatic heterocycles. The van der Waals surface area contributed by atoms with E-state index in [4.69, 9.17) is 10.5 Å². The van der Waals surface area contributed by atoms with Crippen LogP contribution in [0.1, 0.15) is 5.82 Å². The Bertz CT molecular complexity index is 604. The van der Waals surface area contributed by atoms with Crippen LogP contribution in [0.3, 0.4) is 0 Å². The van der Waals surface area contributed by atoms with E-state index in [0.717, 1.165) is 9.64 Å². The number of anilines is 1. The van der Waals surface area contributed by atoms with Crippen molar-refractivity contribution in [3.63, 3.8) is 0 Å². The molecule has 0 aliphatic heterocycles. The van der Waals surface area contributed by atoms with Crippen molar-refractivity contribution in [2.45, 2.75) is 6.18 Å². The Balaban J connectivity index is 2.33. The average molecular weight is 381 g/mol. The minimum absolute atomic E-state index is 0.248. The zero-order valence-corrected chi connectivity index (χ0v) is 11.4. The van der Waals surface area contributed by atoms with Gasteiger partial charge in [0.05, 0.1) is 0 Å². The van der Waals surface area contributed by atoms with Gasteiger partial charge in [0.1, 0.15) is 11.6 Å². The molecule has 2 aromatic rings. The van der Waals surface area contributed by atoms with Crippen molar-refractivity contribution in [3.8, 4) is 11.6 Å². The average Bonchev–Trinajstić information content (AvgIpc) is 2.26. The molecular weight excluding hydrogens is 374 g/mol. The minimum atomic E-state index is -4.67. The number of hydrogen-bond acceptors (Lipinski definition) is 4. The molecule has 4 nitrogen and oxygen atoms in total. The molecule has 0 bridgehead atoms. The molecule has 0 amide bonds. The van der Waals surface area contributed by atoms with Gasteiger partial charge < -0.3 is 10.5 Å². The monoisotopic (exact) mass is 381 g/mol. The van der Waals surface area contributed by atoms with E-state index in [9.17, 15) is 13.2 Å². The molecule has 100 valence electrons. The van der Waals surface area contributed by atoms with E-state index >= 15 is 0 Å². The van der Waals surface area contributed by atoms with Gasteiger partial charge in [-0.1, -0.05) is 6.07 Å². The first-order chi connectivity index (χ1) is 8.84. The van der Waals surface area contributed by atoms with E-state index in [1.807, 2.05) is 6.07 Å². The predicted molar refractivity (Wildman–Crippen MR) is 70.7 cm³/mol. The number of aromatic nitrogens is 2. The SMILES string of the molecule is Nc1cc(Oc2cccc(I)c2)nc(C(F)(F)F)n1. The summed E-state index contributed by atoms with van der Waals surface area (Å²) in [5.74, 6) is -1.50. The lowest BCUT2D eigenvalue weighted by molar-refractivity contribution is -0.145. The van der Waals surface area contributed by atoms with Crippen LogP contribution >= 0.6 is 22.6 Å². The maximum absolute atomic E-state index is 12.5. The third-order valence-corrected chi connectivity index (χ3v) is 2.67. The summed E-state index contributed by atoms with van der Waals surface area (Å²) in [5, 5.41) is 0. The topological polar surface area (TPSA) is 61.0 Å². The van der Waals surface area contributed by atoms with Crippen molar-refractivity contribution in [3.05, 3.63) is 39.7 Å². The number of halogens is 4. The Labute approximate surface area is 120 Å². The quantitative estimate of drug-likeness (QED) is 0.810. The Hall–Kier alpha value is -1.58. The van der Waals surface area contributed by atoms with Crippen LogP contribution < -0.4 is 10.5 Å². The molecule has 2 rings (SSSR count). The molecule has 0 unspecified atom stereocenters. The molecule has 0 atom stereocenters. The number of benzene rings is 1. The van der Waals surface area contributed by atoms with Gasteiger partial charge in [-0.3, -0.25) is 0 Å². The maximum Gasteiger partial charge on any atom is 0.451 e. The van der Waals surface area contributed by atoms with Gasteiger partial charge in [0.25, 0.3) is 0 Å². The number of nitrogens with zero attached hydrogens (tertiary/aromatic N) is 2. The third kappa shape index (κ3) is 3.69. The van der Waals surface area contributed by atoms with Crippen molar-refractivity contribution in [2.75, 3.05) is 5.73 Å². The Kier molecular flexibility index (Phi) is 3.78. The highest BCUT2D eigenvalue weighted by Crippen LogP contribution is 2.29. The van der Waals surface area contributed by atoms with Gasteiger partial charge in [-0.15, -0.1) is 0 Å². The fourth-order valence-electron chi connectivity index (χ4n) is 1.27. The number of alkyl halides is 3. The van der Waals surface area contributed by atoms with Gasteiger partial charge in [-0.2, -0.15) is 18.2 Å². The van der Waals surface area contributed by atoms with E-state index < -0.39 is 12.0 Å². The fraction of sp³-hybridized carbons (Fsp3) is 0.0909. The molecule has 8 heteroatoms. The van der Waals surface area contributed by atoms with Gasteiger partial charge in [0.2, 0.25) is 11.7 Å². The van der Waals surface area contributed by atoms with Crippen LogP contribution in [0.2, 0.25) is 0 Å². The summed E-state index contributed by atoms with van der Waals surface area (Å²) in [6, 6.07) is 7.93. The smallest absolute Gasteiger partial charge is 0.439 e. The van der Waals surface area contributed by atoms with Gasteiger partial charge in [-0.25, -0.2) is 4.98 Å². The van der Waals surface area contributed by atoms with Gasteiger partial charge in [0.15, 0.2) is 0 Å². The van der Waals surface area contributed by atoms with Crippen LogP contribution in [0.25, 0.3) is 0 Å². The summed E-state index contributed by atoms with van der Waals surface area (Å²) in [6.45, 7) is 0. The van der Waals surface area contributed by atoms with Gasteiger partial charge in [0, 0.05) is 9.64 Å². The summed E-state index contributed by atoms with van der Waals surface area (Å²) >= 11 is 2.06. The first-order valence-electron chi connectivity index (χ1n) is 5.00. The van der Waals surface area contributed by atoms with E-state index in [1.54, 1.807) is 18.2 Å². The minimum Gasteiger partial charge on any atom is -0.439 e. The highest BCUT2D eigenvalue weighted by molar-refractivity contribution is 14.1. The molecule has 0 aliphatic rings. The summed E-state index contributed by atoms with van der Waals surface area (Å²) in [6.07, 6.45) is -4.67. The molecule has 0 radical (unpaired) electrons. The fourth-order valence-corrected chi connectivity index (χ4v) is 1.79. The number of hydrogen-bond donors (Lipinski definition) is 1. The molecule has 1 heterocycles.